The number of amides is 1. The fourth-order valence-corrected chi connectivity index (χ4v) is 1.87. The Labute approximate surface area is 133 Å². The van der Waals surface area contributed by atoms with Crippen molar-refractivity contribution in [2.75, 3.05) is 11.9 Å². The van der Waals surface area contributed by atoms with E-state index in [2.05, 4.69) is 5.32 Å². The van der Waals surface area contributed by atoms with Crippen molar-refractivity contribution >= 4 is 35.1 Å². The molecule has 0 heterocycles. The third-order valence-electron chi connectivity index (χ3n) is 2.82. The number of nitrogens with two attached hydrogens (primary N) is 1. The van der Waals surface area contributed by atoms with Gasteiger partial charge in [-0.25, -0.2) is 0 Å². The summed E-state index contributed by atoms with van der Waals surface area (Å²) < 4.78 is 5.34. The number of rotatable bonds is 6. The fourth-order valence-electron chi connectivity index (χ4n) is 1.74. The molecular formula is C16H14N2O3S. The molecule has 0 atom stereocenters. The second-order valence-corrected chi connectivity index (χ2v) is 4.91. The molecule has 0 spiro atoms. The molecule has 22 heavy (non-hydrogen) atoms. The van der Waals surface area contributed by atoms with E-state index in [0.717, 1.165) is 6.29 Å². The summed E-state index contributed by atoms with van der Waals surface area (Å²) in [6, 6.07) is 13.4. The quantitative estimate of drug-likeness (QED) is 0.631. The van der Waals surface area contributed by atoms with Gasteiger partial charge in [0.15, 0.2) is 6.61 Å². The minimum atomic E-state index is -0.306. The van der Waals surface area contributed by atoms with Crippen LogP contribution in [0.25, 0.3) is 0 Å². The van der Waals surface area contributed by atoms with E-state index in [0.29, 0.717) is 22.6 Å². The van der Waals surface area contributed by atoms with Gasteiger partial charge in [-0.15, -0.1) is 0 Å². The lowest BCUT2D eigenvalue weighted by molar-refractivity contribution is -0.118. The number of aldehydes is 1. The number of thiocarbonyl (C=S) groups is 1. The third-order valence-corrected chi connectivity index (χ3v) is 3.05. The van der Waals surface area contributed by atoms with Gasteiger partial charge in [-0.05, 0) is 36.4 Å². The Bertz CT molecular complexity index is 699. The van der Waals surface area contributed by atoms with E-state index in [1.807, 2.05) is 0 Å². The molecule has 0 aromatic heterocycles. The van der Waals surface area contributed by atoms with Gasteiger partial charge in [-0.1, -0.05) is 24.4 Å². The van der Waals surface area contributed by atoms with E-state index in [1.165, 1.54) is 0 Å². The van der Waals surface area contributed by atoms with E-state index in [9.17, 15) is 9.59 Å². The summed E-state index contributed by atoms with van der Waals surface area (Å²) in [4.78, 5) is 22.6. The van der Waals surface area contributed by atoms with Crippen molar-refractivity contribution < 1.29 is 14.3 Å². The molecule has 2 rings (SSSR count). The lowest BCUT2D eigenvalue weighted by atomic mass is 10.2. The molecule has 0 aliphatic rings. The maximum Gasteiger partial charge on any atom is 0.262 e. The molecular weight excluding hydrogens is 300 g/mol. The highest BCUT2D eigenvalue weighted by Crippen LogP contribution is 2.12. The first kappa shape index (κ1) is 15.7. The summed E-state index contributed by atoms with van der Waals surface area (Å²) in [7, 11) is 0. The summed E-state index contributed by atoms with van der Waals surface area (Å²) >= 11 is 4.89. The number of carbonyl (C=O) groups excluding carboxylic acids is 2. The molecule has 5 nitrogen and oxygen atoms in total. The maximum atomic E-state index is 11.8. The lowest BCUT2D eigenvalue weighted by Gasteiger charge is -2.08. The summed E-state index contributed by atoms with van der Waals surface area (Å²) in [6.07, 6.45) is 0.741. The SMILES string of the molecule is NC(=S)c1cccc(NC(=O)COc2ccc(C=O)cc2)c1. The largest absolute Gasteiger partial charge is 0.484 e. The number of nitrogens with one attached hydrogen (secondary N) is 1. The molecule has 0 fully saturated rings. The predicted octanol–water partition coefficient (Wildman–Crippen LogP) is 2.15. The Hall–Kier alpha value is -2.73. The highest BCUT2D eigenvalue weighted by molar-refractivity contribution is 7.80. The van der Waals surface area contributed by atoms with Crippen molar-refractivity contribution in [3.05, 3.63) is 59.7 Å². The highest BCUT2D eigenvalue weighted by Gasteiger charge is 2.05. The number of anilines is 1. The molecule has 0 saturated heterocycles. The van der Waals surface area contributed by atoms with E-state index in [-0.39, 0.29) is 17.5 Å². The first-order valence-corrected chi connectivity index (χ1v) is 6.87. The second kappa shape index (κ2) is 7.33. The highest BCUT2D eigenvalue weighted by atomic mass is 32.1. The van der Waals surface area contributed by atoms with E-state index in [4.69, 9.17) is 22.7 Å². The molecule has 0 saturated carbocycles. The first-order valence-electron chi connectivity index (χ1n) is 6.46. The van der Waals surface area contributed by atoms with Crippen molar-refractivity contribution in [1.82, 2.24) is 0 Å². The molecule has 0 unspecified atom stereocenters. The standard InChI is InChI=1S/C16H14N2O3S/c17-16(22)12-2-1-3-13(8-12)18-15(20)10-21-14-6-4-11(9-19)5-7-14/h1-9H,10H2,(H2,17,22)(H,18,20). The van der Waals surface area contributed by atoms with Gasteiger partial charge < -0.3 is 15.8 Å². The van der Waals surface area contributed by atoms with Crippen LogP contribution in [0.4, 0.5) is 5.69 Å². The van der Waals surface area contributed by atoms with Crippen molar-refractivity contribution in [2.24, 2.45) is 5.73 Å². The maximum absolute atomic E-state index is 11.8. The average molecular weight is 314 g/mol. The Morgan fingerprint density at radius 1 is 1.23 bits per heavy atom. The van der Waals surface area contributed by atoms with Gasteiger partial charge in [0.2, 0.25) is 0 Å². The molecule has 3 N–H and O–H groups in total. The van der Waals surface area contributed by atoms with Gasteiger partial charge in [0.05, 0.1) is 0 Å². The van der Waals surface area contributed by atoms with E-state index < -0.39 is 0 Å². The van der Waals surface area contributed by atoms with Crippen LogP contribution in [-0.4, -0.2) is 23.8 Å². The number of hydrogen-bond donors (Lipinski definition) is 2. The number of ether oxygens (including phenoxy) is 1. The van der Waals surface area contributed by atoms with Crippen LogP contribution in [0.2, 0.25) is 0 Å². The number of hydrogen-bond acceptors (Lipinski definition) is 4. The summed E-state index contributed by atoms with van der Waals surface area (Å²) in [5.74, 6) is 0.206. The molecule has 0 bridgehead atoms. The molecule has 0 aliphatic carbocycles. The third kappa shape index (κ3) is 4.39. The molecule has 2 aromatic carbocycles. The Morgan fingerprint density at radius 3 is 2.59 bits per heavy atom. The molecule has 1 amide bonds. The lowest BCUT2D eigenvalue weighted by Crippen LogP contribution is -2.20. The first-order chi connectivity index (χ1) is 10.6. The monoisotopic (exact) mass is 314 g/mol. The van der Waals surface area contributed by atoms with Crippen molar-refractivity contribution in [2.45, 2.75) is 0 Å². The summed E-state index contributed by atoms with van der Waals surface area (Å²) in [6.45, 7) is -0.141. The van der Waals surface area contributed by atoms with Crippen molar-refractivity contribution in [3.63, 3.8) is 0 Å². The van der Waals surface area contributed by atoms with Gasteiger partial charge in [0, 0.05) is 16.8 Å². The topological polar surface area (TPSA) is 81.4 Å². The van der Waals surface area contributed by atoms with Crippen molar-refractivity contribution in [3.8, 4) is 5.75 Å². The van der Waals surface area contributed by atoms with Gasteiger partial charge >= 0.3 is 0 Å². The smallest absolute Gasteiger partial charge is 0.262 e. The summed E-state index contributed by atoms with van der Waals surface area (Å²) in [5.41, 5.74) is 7.36. The van der Waals surface area contributed by atoms with Crippen LogP contribution in [-0.2, 0) is 4.79 Å². The Morgan fingerprint density at radius 2 is 1.95 bits per heavy atom. The zero-order chi connectivity index (χ0) is 15.9. The second-order valence-electron chi connectivity index (χ2n) is 4.47. The molecule has 2 aromatic rings. The zero-order valence-electron chi connectivity index (χ0n) is 11.6. The Kier molecular flexibility index (Phi) is 5.21. The normalized spacial score (nSPS) is 9.82. The fraction of sp³-hybridized carbons (Fsp3) is 0.0625. The minimum absolute atomic E-state index is 0.141. The van der Waals surface area contributed by atoms with Crippen LogP contribution in [0, 0.1) is 0 Å². The predicted molar refractivity (Wildman–Crippen MR) is 88.3 cm³/mol. The minimum Gasteiger partial charge on any atom is -0.484 e. The van der Waals surface area contributed by atoms with Gasteiger partial charge in [-0.2, -0.15) is 0 Å². The van der Waals surface area contributed by atoms with Crippen LogP contribution < -0.4 is 15.8 Å². The van der Waals surface area contributed by atoms with Crippen molar-refractivity contribution in [1.29, 1.82) is 0 Å². The summed E-state index contributed by atoms with van der Waals surface area (Å²) in [5, 5.41) is 2.69. The van der Waals surface area contributed by atoms with Crippen LogP contribution in [0.3, 0.4) is 0 Å². The van der Waals surface area contributed by atoms with Gasteiger partial charge in [-0.3, -0.25) is 9.59 Å². The average Bonchev–Trinajstić information content (AvgIpc) is 2.53. The molecule has 6 heteroatoms. The Balaban J connectivity index is 1.91. The van der Waals surface area contributed by atoms with Crippen LogP contribution >= 0.6 is 12.2 Å². The zero-order valence-corrected chi connectivity index (χ0v) is 12.4. The van der Waals surface area contributed by atoms with E-state index in [1.54, 1.807) is 48.5 Å². The molecule has 0 aliphatic heterocycles. The van der Waals surface area contributed by atoms with Gasteiger partial charge in [0.25, 0.3) is 5.91 Å². The van der Waals surface area contributed by atoms with Crippen LogP contribution in [0.5, 0.6) is 5.75 Å². The van der Waals surface area contributed by atoms with Gasteiger partial charge in [0.1, 0.15) is 17.0 Å². The number of carbonyl (C=O) groups is 2. The van der Waals surface area contributed by atoms with Crippen LogP contribution in [0.15, 0.2) is 48.5 Å². The number of benzene rings is 2. The van der Waals surface area contributed by atoms with Crippen LogP contribution in [0.1, 0.15) is 15.9 Å². The molecule has 0 radical (unpaired) electrons. The molecule has 112 valence electrons. The van der Waals surface area contributed by atoms with E-state index >= 15 is 0 Å².